The summed E-state index contributed by atoms with van der Waals surface area (Å²) in [4.78, 5) is 11.6. The third-order valence-electron chi connectivity index (χ3n) is 4.98. The van der Waals surface area contributed by atoms with E-state index in [1.54, 1.807) is 14.2 Å². The van der Waals surface area contributed by atoms with Crippen molar-refractivity contribution in [3.05, 3.63) is 34.9 Å². The number of unbranched alkanes of at least 4 members (excludes halogenated alkanes) is 2. The van der Waals surface area contributed by atoms with Gasteiger partial charge in [-0.3, -0.25) is 0 Å². The highest BCUT2D eigenvalue weighted by Gasteiger charge is 2.30. The highest BCUT2D eigenvalue weighted by molar-refractivity contribution is 5.62. The lowest BCUT2D eigenvalue weighted by molar-refractivity contribution is -0.111. The Labute approximate surface area is 146 Å². The predicted molar refractivity (Wildman–Crippen MR) is 98.1 cm³/mol. The molecule has 0 radical (unpaired) electrons. The molecule has 0 N–H and O–H groups in total. The topological polar surface area (TPSA) is 35.5 Å². The van der Waals surface area contributed by atoms with Crippen LogP contribution < -0.4 is 9.47 Å². The number of hydrogen-bond donors (Lipinski definition) is 0. The number of aldehydes is 1. The molecule has 0 aliphatic heterocycles. The molecule has 0 unspecified atom stereocenters. The van der Waals surface area contributed by atoms with Gasteiger partial charge >= 0.3 is 0 Å². The first-order valence-electron chi connectivity index (χ1n) is 9.01. The van der Waals surface area contributed by atoms with Gasteiger partial charge < -0.3 is 14.3 Å². The zero-order chi connectivity index (χ0) is 17.5. The minimum atomic E-state index is -0.0116. The number of ether oxygens (including phenoxy) is 2. The Morgan fingerprint density at radius 3 is 2.38 bits per heavy atom. The highest BCUT2D eigenvalue weighted by Crippen LogP contribution is 2.44. The second-order valence-corrected chi connectivity index (χ2v) is 6.75. The maximum atomic E-state index is 11.6. The van der Waals surface area contributed by atoms with Gasteiger partial charge in [0.15, 0.2) is 0 Å². The van der Waals surface area contributed by atoms with E-state index in [2.05, 4.69) is 32.1 Å². The first-order valence-corrected chi connectivity index (χ1v) is 9.01. The number of hydrogen-bond acceptors (Lipinski definition) is 3. The Morgan fingerprint density at radius 2 is 1.83 bits per heavy atom. The molecule has 2 atom stereocenters. The second-order valence-electron chi connectivity index (χ2n) is 6.75. The molecular formula is C21H30O3. The summed E-state index contributed by atoms with van der Waals surface area (Å²) < 4.78 is 11.4. The van der Waals surface area contributed by atoms with Gasteiger partial charge in [0, 0.05) is 17.4 Å². The van der Waals surface area contributed by atoms with Gasteiger partial charge in [-0.25, -0.2) is 0 Å². The lowest BCUT2D eigenvalue weighted by Crippen LogP contribution is -2.18. The molecule has 1 aliphatic rings. The maximum absolute atomic E-state index is 11.6. The predicted octanol–water partition coefficient (Wildman–Crippen LogP) is 5.08. The minimum absolute atomic E-state index is 0.0116. The average Bonchev–Trinajstić information content (AvgIpc) is 2.61. The van der Waals surface area contributed by atoms with E-state index in [9.17, 15) is 4.79 Å². The van der Waals surface area contributed by atoms with Gasteiger partial charge in [0.25, 0.3) is 0 Å². The summed E-state index contributed by atoms with van der Waals surface area (Å²) in [5, 5.41) is 0. The van der Waals surface area contributed by atoms with Gasteiger partial charge in [-0.05, 0) is 50.3 Å². The fourth-order valence-electron chi connectivity index (χ4n) is 3.58. The van der Waals surface area contributed by atoms with E-state index in [4.69, 9.17) is 9.47 Å². The zero-order valence-electron chi connectivity index (χ0n) is 15.4. The molecule has 132 valence electrons. The molecule has 0 fully saturated rings. The Morgan fingerprint density at radius 1 is 1.17 bits per heavy atom. The molecule has 1 aromatic rings. The number of allylic oxidation sites excluding steroid dienone is 2. The molecule has 1 aromatic carbocycles. The summed E-state index contributed by atoms with van der Waals surface area (Å²) in [5.74, 6) is 1.69. The Bertz CT molecular complexity index is 564. The molecule has 0 aromatic heterocycles. The third kappa shape index (κ3) is 4.19. The van der Waals surface area contributed by atoms with Crippen molar-refractivity contribution in [2.75, 3.05) is 14.2 Å². The van der Waals surface area contributed by atoms with Crippen molar-refractivity contribution in [1.29, 1.82) is 0 Å². The first kappa shape index (κ1) is 18.6. The Kier molecular flexibility index (Phi) is 6.89. The lowest BCUT2D eigenvalue weighted by Gasteiger charge is -2.29. The van der Waals surface area contributed by atoms with E-state index in [1.165, 1.54) is 30.4 Å². The fourth-order valence-corrected chi connectivity index (χ4v) is 3.58. The van der Waals surface area contributed by atoms with Crippen molar-refractivity contribution in [1.82, 2.24) is 0 Å². The molecule has 0 amide bonds. The van der Waals surface area contributed by atoms with Gasteiger partial charge in [0.1, 0.15) is 17.8 Å². The quantitative estimate of drug-likeness (QED) is 0.379. The van der Waals surface area contributed by atoms with Gasteiger partial charge in [-0.2, -0.15) is 0 Å². The SMILES string of the molecule is CCCCCc1cc(OC)c([C@@H]2C=C(C)CC[C@H]2C=O)c(OC)c1. The van der Waals surface area contributed by atoms with E-state index < -0.39 is 0 Å². The molecule has 0 spiro atoms. The van der Waals surface area contributed by atoms with Crippen molar-refractivity contribution >= 4 is 6.29 Å². The van der Waals surface area contributed by atoms with E-state index in [1.807, 2.05) is 0 Å². The molecule has 1 aliphatic carbocycles. The van der Waals surface area contributed by atoms with Gasteiger partial charge in [0.05, 0.1) is 14.2 Å². The summed E-state index contributed by atoms with van der Waals surface area (Å²) in [6.45, 7) is 4.34. The Hall–Kier alpha value is -1.77. The summed E-state index contributed by atoms with van der Waals surface area (Å²) in [7, 11) is 3.40. The Balaban J connectivity index is 2.43. The van der Waals surface area contributed by atoms with Crippen molar-refractivity contribution in [2.24, 2.45) is 5.92 Å². The van der Waals surface area contributed by atoms with Gasteiger partial charge in [-0.1, -0.05) is 31.4 Å². The van der Waals surface area contributed by atoms with Gasteiger partial charge in [-0.15, -0.1) is 0 Å². The van der Waals surface area contributed by atoms with E-state index in [0.717, 1.165) is 42.6 Å². The molecule has 24 heavy (non-hydrogen) atoms. The molecular weight excluding hydrogens is 300 g/mol. The monoisotopic (exact) mass is 330 g/mol. The summed E-state index contributed by atoms with van der Waals surface area (Å²) in [6, 6.07) is 4.24. The minimum Gasteiger partial charge on any atom is -0.496 e. The number of aryl methyl sites for hydroxylation is 1. The smallest absolute Gasteiger partial charge is 0.126 e. The van der Waals surface area contributed by atoms with E-state index >= 15 is 0 Å². The number of methoxy groups -OCH3 is 2. The van der Waals surface area contributed by atoms with Crippen LogP contribution in [0, 0.1) is 5.92 Å². The molecule has 3 nitrogen and oxygen atoms in total. The molecule has 0 heterocycles. The van der Waals surface area contributed by atoms with Crippen molar-refractivity contribution < 1.29 is 14.3 Å². The number of carbonyl (C=O) groups excluding carboxylic acids is 1. The first-order chi connectivity index (χ1) is 11.6. The molecule has 0 saturated carbocycles. The summed E-state index contributed by atoms with van der Waals surface area (Å²) in [5.41, 5.74) is 3.57. The van der Waals surface area contributed by atoms with Crippen LogP contribution in [0.2, 0.25) is 0 Å². The van der Waals surface area contributed by atoms with Crippen LogP contribution in [0.15, 0.2) is 23.8 Å². The van der Waals surface area contributed by atoms with Crippen LogP contribution in [-0.2, 0) is 11.2 Å². The number of rotatable bonds is 8. The lowest BCUT2D eigenvalue weighted by atomic mass is 9.77. The third-order valence-corrected chi connectivity index (χ3v) is 4.98. The van der Waals surface area contributed by atoms with Crippen LogP contribution in [0.3, 0.4) is 0 Å². The van der Waals surface area contributed by atoms with E-state index in [0.29, 0.717) is 0 Å². The summed E-state index contributed by atoms with van der Waals surface area (Å²) in [6.07, 6.45) is 9.80. The average molecular weight is 330 g/mol. The normalized spacial score (nSPS) is 20.4. The van der Waals surface area contributed by atoms with Crippen molar-refractivity contribution in [3.8, 4) is 11.5 Å². The summed E-state index contributed by atoms with van der Waals surface area (Å²) >= 11 is 0. The second kappa shape index (κ2) is 8.91. The maximum Gasteiger partial charge on any atom is 0.126 e. The van der Waals surface area contributed by atoms with Crippen molar-refractivity contribution in [3.63, 3.8) is 0 Å². The highest BCUT2D eigenvalue weighted by atomic mass is 16.5. The van der Waals surface area contributed by atoms with Crippen LogP contribution in [0.1, 0.15) is 63.0 Å². The van der Waals surface area contributed by atoms with Crippen LogP contribution in [0.4, 0.5) is 0 Å². The largest absolute Gasteiger partial charge is 0.496 e. The van der Waals surface area contributed by atoms with Crippen molar-refractivity contribution in [2.45, 2.75) is 58.3 Å². The van der Waals surface area contributed by atoms with Crippen LogP contribution in [0.25, 0.3) is 0 Å². The fraction of sp³-hybridized carbons (Fsp3) is 0.571. The number of carbonyl (C=O) groups is 1. The van der Waals surface area contributed by atoms with E-state index in [-0.39, 0.29) is 11.8 Å². The standard InChI is InChI=1S/C21H30O3/c1-5-6-7-8-16-12-19(23-3)21(20(13-16)24-4)18-11-15(2)9-10-17(18)14-22/h11-14,17-18H,5-10H2,1-4H3/t17-,18+/m0/s1. The van der Waals surface area contributed by atoms with Crippen LogP contribution >= 0.6 is 0 Å². The van der Waals surface area contributed by atoms with Crippen LogP contribution in [0.5, 0.6) is 11.5 Å². The van der Waals surface area contributed by atoms with Crippen LogP contribution in [-0.4, -0.2) is 20.5 Å². The zero-order valence-corrected chi connectivity index (χ0v) is 15.4. The van der Waals surface area contributed by atoms with Gasteiger partial charge in [0.2, 0.25) is 0 Å². The molecule has 0 bridgehead atoms. The number of benzene rings is 1. The molecule has 0 saturated heterocycles. The molecule has 3 heteroatoms. The molecule has 2 rings (SSSR count).